The summed E-state index contributed by atoms with van der Waals surface area (Å²) in [6.07, 6.45) is 0. The number of hydrogen-bond donors (Lipinski definition) is 1. The molecule has 1 saturated heterocycles. The third kappa shape index (κ3) is 2.78. The number of nitrogens with zero attached hydrogens (tertiary/aromatic N) is 2. The molecule has 1 heterocycles. The zero-order chi connectivity index (χ0) is 14.0. The van der Waals surface area contributed by atoms with Gasteiger partial charge >= 0.3 is 0 Å². The maximum absolute atomic E-state index is 12.6. The number of hydrogen-bond acceptors (Lipinski definition) is 4. The molecule has 1 aromatic rings. The summed E-state index contributed by atoms with van der Waals surface area (Å²) in [5.41, 5.74) is 0.196. The van der Waals surface area contributed by atoms with E-state index in [0.29, 0.717) is 13.1 Å². The number of sulfonamides is 1. The maximum Gasteiger partial charge on any atom is 0.244 e. The molecule has 1 aliphatic heterocycles. The van der Waals surface area contributed by atoms with Gasteiger partial charge in [0.15, 0.2) is 0 Å². The smallest absolute Gasteiger partial charge is 0.244 e. The van der Waals surface area contributed by atoms with Crippen LogP contribution >= 0.6 is 0 Å². The van der Waals surface area contributed by atoms with E-state index in [1.807, 2.05) is 19.9 Å². The van der Waals surface area contributed by atoms with E-state index in [-0.39, 0.29) is 22.5 Å². The molecule has 0 aliphatic carbocycles. The summed E-state index contributed by atoms with van der Waals surface area (Å²) in [6.45, 7) is 4.75. The number of nitrogens with one attached hydrogen (secondary N) is 1. The Labute approximate surface area is 113 Å². The normalized spacial score (nSPS) is 24.9. The molecule has 0 radical (unpaired) electrons. The van der Waals surface area contributed by atoms with Crippen molar-refractivity contribution in [3.05, 3.63) is 29.8 Å². The Kier molecular flexibility index (Phi) is 3.90. The highest BCUT2D eigenvalue weighted by Gasteiger charge is 2.32. The first-order valence-electron chi connectivity index (χ1n) is 6.20. The van der Waals surface area contributed by atoms with E-state index in [4.69, 9.17) is 5.26 Å². The van der Waals surface area contributed by atoms with Crippen LogP contribution in [0.1, 0.15) is 19.4 Å². The topological polar surface area (TPSA) is 73.2 Å². The molecule has 2 unspecified atom stereocenters. The summed E-state index contributed by atoms with van der Waals surface area (Å²) in [4.78, 5) is 0.0961. The maximum atomic E-state index is 12.6. The second-order valence-electron chi connectivity index (χ2n) is 4.90. The largest absolute Gasteiger partial charge is 0.309 e. The molecular formula is C13H17N3O2S. The molecule has 2 rings (SSSR count). The van der Waals surface area contributed by atoms with Crippen molar-refractivity contribution < 1.29 is 8.42 Å². The monoisotopic (exact) mass is 279 g/mol. The first-order chi connectivity index (χ1) is 8.95. The van der Waals surface area contributed by atoms with Crippen LogP contribution in [0.25, 0.3) is 0 Å². The first-order valence-corrected chi connectivity index (χ1v) is 7.64. The third-order valence-corrected chi connectivity index (χ3v) is 5.04. The number of rotatable bonds is 2. The lowest BCUT2D eigenvalue weighted by molar-refractivity contribution is 0.263. The Bertz CT molecular complexity index is 597. The highest BCUT2D eigenvalue weighted by Crippen LogP contribution is 2.21. The van der Waals surface area contributed by atoms with Gasteiger partial charge in [-0.3, -0.25) is 0 Å². The minimum atomic E-state index is -3.60. The minimum Gasteiger partial charge on any atom is -0.309 e. The Morgan fingerprint density at radius 1 is 1.26 bits per heavy atom. The van der Waals surface area contributed by atoms with Crippen molar-refractivity contribution in [2.45, 2.75) is 30.8 Å². The van der Waals surface area contributed by atoms with Gasteiger partial charge in [-0.05, 0) is 26.0 Å². The SMILES string of the molecule is CC1CN(S(=O)(=O)c2ccccc2C#N)CC(C)N1. The average molecular weight is 279 g/mol. The van der Waals surface area contributed by atoms with Crippen molar-refractivity contribution in [1.29, 1.82) is 5.26 Å². The van der Waals surface area contributed by atoms with Crippen LogP contribution in [0, 0.1) is 11.3 Å². The molecule has 102 valence electrons. The van der Waals surface area contributed by atoms with E-state index in [9.17, 15) is 8.42 Å². The Hall–Kier alpha value is -1.42. The molecular weight excluding hydrogens is 262 g/mol. The molecule has 1 fully saturated rings. The van der Waals surface area contributed by atoms with Gasteiger partial charge in [-0.2, -0.15) is 9.57 Å². The fraction of sp³-hybridized carbons (Fsp3) is 0.462. The van der Waals surface area contributed by atoms with Gasteiger partial charge in [-0.25, -0.2) is 8.42 Å². The summed E-state index contributed by atoms with van der Waals surface area (Å²) < 4.78 is 26.7. The van der Waals surface area contributed by atoms with Crippen molar-refractivity contribution in [3.63, 3.8) is 0 Å². The zero-order valence-corrected chi connectivity index (χ0v) is 11.8. The summed E-state index contributed by atoms with van der Waals surface area (Å²) in [5.74, 6) is 0. The Morgan fingerprint density at radius 3 is 2.42 bits per heavy atom. The standard InChI is InChI=1S/C13H17N3O2S/c1-10-8-16(9-11(2)15-10)19(17,18)13-6-4-3-5-12(13)7-14/h3-6,10-11,15H,8-9H2,1-2H3. The summed E-state index contributed by atoms with van der Waals surface area (Å²) in [5, 5.41) is 12.3. The molecule has 0 aromatic heterocycles. The Morgan fingerprint density at radius 2 is 1.84 bits per heavy atom. The molecule has 0 spiro atoms. The van der Waals surface area contributed by atoms with Crippen LogP contribution in [0.4, 0.5) is 0 Å². The van der Waals surface area contributed by atoms with Gasteiger partial charge in [0.25, 0.3) is 0 Å². The van der Waals surface area contributed by atoms with Gasteiger partial charge in [0.2, 0.25) is 10.0 Å². The van der Waals surface area contributed by atoms with Gasteiger partial charge in [0, 0.05) is 25.2 Å². The summed E-state index contributed by atoms with van der Waals surface area (Å²) >= 11 is 0. The lowest BCUT2D eigenvalue weighted by Gasteiger charge is -2.35. The molecule has 5 nitrogen and oxygen atoms in total. The number of benzene rings is 1. The fourth-order valence-electron chi connectivity index (χ4n) is 2.40. The second-order valence-corrected chi connectivity index (χ2v) is 6.81. The van der Waals surface area contributed by atoms with Crippen LogP contribution in [0.5, 0.6) is 0 Å². The molecule has 1 N–H and O–H groups in total. The predicted octanol–water partition coefficient (Wildman–Crippen LogP) is 0.929. The molecule has 1 aromatic carbocycles. The van der Waals surface area contributed by atoms with E-state index < -0.39 is 10.0 Å². The molecule has 2 atom stereocenters. The van der Waals surface area contributed by atoms with Crippen LogP contribution in [-0.4, -0.2) is 37.9 Å². The van der Waals surface area contributed by atoms with Gasteiger partial charge < -0.3 is 5.32 Å². The first kappa shape index (κ1) is 14.0. The van der Waals surface area contributed by atoms with Crippen molar-refractivity contribution >= 4 is 10.0 Å². The van der Waals surface area contributed by atoms with Crippen LogP contribution in [-0.2, 0) is 10.0 Å². The number of nitriles is 1. The van der Waals surface area contributed by atoms with E-state index in [1.54, 1.807) is 12.1 Å². The average Bonchev–Trinajstić information content (AvgIpc) is 2.37. The predicted molar refractivity (Wildman–Crippen MR) is 72.0 cm³/mol. The van der Waals surface area contributed by atoms with E-state index in [1.165, 1.54) is 16.4 Å². The summed E-state index contributed by atoms with van der Waals surface area (Å²) in [7, 11) is -3.60. The van der Waals surface area contributed by atoms with Crippen LogP contribution < -0.4 is 5.32 Å². The van der Waals surface area contributed by atoms with Crippen molar-refractivity contribution in [2.75, 3.05) is 13.1 Å². The van der Waals surface area contributed by atoms with E-state index in [0.717, 1.165) is 0 Å². The summed E-state index contributed by atoms with van der Waals surface area (Å²) in [6, 6.07) is 8.48. The molecule has 1 aliphatic rings. The van der Waals surface area contributed by atoms with Crippen LogP contribution in [0.2, 0.25) is 0 Å². The fourth-order valence-corrected chi connectivity index (χ4v) is 4.16. The van der Waals surface area contributed by atoms with Gasteiger partial charge in [0.05, 0.1) is 10.5 Å². The third-order valence-electron chi connectivity index (χ3n) is 3.15. The van der Waals surface area contributed by atoms with Crippen molar-refractivity contribution in [1.82, 2.24) is 9.62 Å². The quantitative estimate of drug-likeness (QED) is 0.874. The number of piperazine rings is 1. The molecule has 0 amide bonds. The lowest BCUT2D eigenvalue weighted by Crippen LogP contribution is -2.55. The molecule has 6 heteroatoms. The minimum absolute atomic E-state index is 0.0961. The van der Waals surface area contributed by atoms with Crippen molar-refractivity contribution in [3.8, 4) is 6.07 Å². The van der Waals surface area contributed by atoms with E-state index in [2.05, 4.69) is 5.32 Å². The van der Waals surface area contributed by atoms with Gasteiger partial charge in [-0.15, -0.1) is 0 Å². The molecule has 0 saturated carbocycles. The van der Waals surface area contributed by atoms with Gasteiger partial charge in [-0.1, -0.05) is 12.1 Å². The molecule has 19 heavy (non-hydrogen) atoms. The van der Waals surface area contributed by atoms with Crippen LogP contribution in [0.15, 0.2) is 29.2 Å². The zero-order valence-electron chi connectivity index (χ0n) is 11.0. The van der Waals surface area contributed by atoms with Crippen molar-refractivity contribution in [2.24, 2.45) is 0 Å². The Balaban J connectivity index is 2.40. The highest BCUT2D eigenvalue weighted by molar-refractivity contribution is 7.89. The second kappa shape index (κ2) is 5.29. The highest BCUT2D eigenvalue weighted by atomic mass is 32.2. The molecule has 0 bridgehead atoms. The van der Waals surface area contributed by atoms with E-state index >= 15 is 0 Å². The lowest BCUT2D eigenvalue weighted by atomic mass is 10.2. The van der Waals surface area contributed by atoms with Crippen LogP contribution in [0.3, 0.4) is 0 Å². The van der Waals surface area contributed by atoms with Gasteiger partial charge in [0.1, 0.15) is 6.07 Å².